The zero-order valence-corrected chi connectivity index (χ0v) is 23.7. The predicted molar refractivity (Wildman–Crippen MR) is 154 cm³/mol. The van der Waals surface area contributed by atoms with Crippen LogP contribution in [0.3, 0.4) is 0 Å². The number of aryl methyl sites for hydroxylation is 1. The topological polar surface area (TPSA) is 114 Å². The first kappa shape index (κ1) is 28.6. The number of carbonyl (C=O) groups excluding carboxylic acids is 2. The number of benzene rings is 3. The van der Waals surface area contributed by atoms with E-state index in [1.54, 1.807) is 23.1 Å². The fourth-order valence-electron chi connectivity index (χ4n) is 4.71. The third-order valence-corrected chi connectivity index (χ3v) is 8.83. The second kappa shape index (κ2) is 12.7. The van der Waals surface area contributed by atoms with Crippen LogP contribution >= 0.6 is 0 Å². The van der Waals surface area contributed by atoms with Gasteiger partial charge in [-0.2, -0.15) is 4.31 Å². The van der Waals surface area contributed by atoms with Crippen molar-refractivity contribution >= 4 is 33.2 Å². The lowest BCUT2D eigenvalue weighted by Gasteiger charge is -2.30. The molecule has 0 atom stereocenters. The Balaban J connectivity index is 1.20. The first-order chi connectivity index (χ1) is 19.8. The molecule has 41 heavy (non-hydrogen) atoms. The lowest BCUT2D eigenvalue weighted by molar-refractivity contribution is -0.121. The van der Waals surface area contributed by atoms with Crippen LogP contribution in [0.1, 0.15) is 28.8 Å². The number of anilines is 2. The second-order valence-corrected chi connectivity index (χ2v) is 11.8. The first-order valence-corrected chi connectivity index (χ1v) is 15.0. The van der Waals surface area contributed by atoms with Gasteiger partial charge < -0.3 is 24.4 Å². The molecule has 216 valence electrons. The Bertz CT molecular complexity index is 1500. The van der Waals surface area contributed by atoms with Crippen molar-refractivity contribution in [1.29, 1.82) is 0 Å². The number of hydrogen-bond acceptors (Lipinski definition) is 7. The van der Waals surface area contributed by atoms with Crippen LogP contribution in [0, 0.1) is 6.92 Å². The van der Waals surface area contributed by atoms with Gasteiger partial charge >= 0.3 is 0 Å². The molecular weight excluding hydrogens is 546 g/mol. The van der Waals surface area contributed by atoms with E-state index in [0.29, 0.717) is 62.1 Å². The largest absolute Gasteiger partial charge is 0.494 e. The summed E-state index contributed by atoms with van der Waals surface area (Å²) in [5.74, 6) is 0.837. The molecule has 1 N–H and O–H groups in total. The van der Waals surface area contributed by atoms with Crippen LogP contribution in [0.25, 0.3) is 0 Å². The van der Waals surface area contributed by atoms with Crippen molar-refractivity contribution in [3.8, 4) is 11.5 Å². The number of rotatable bonds is 10. The quantitative estimate of drug-likeness (QED) is 0.363. The highest BCUT2D eigenvalue weighted by Crippen LogP contribution is 2.35. The first-order valence-electron chi connectivity index (χ1n) is 13.6. The predicted octanol–water partition coefficient (Wildman–Crippen LogP) is 3.85. The maximum Gasteiger partial charge on any atom is 0.265 e. The molecule has 0 bridgehead atoms. The van der Waals surface area contributed by atoms with Gasteiger partial charge in [-0.05, 0) is 79.9 Å². The summed E-state index contributed by atoms with van der Waals surface area (Å²) in [4.78, 5) is 27.4. The van der Waals surface area contributed by atoms with E-state index >= 15 is 0 Å². The Morgan fingerprint density at radius 2 is 1.78 bits per heavy atom. The Morgan fingerprint density at radius 1 is 1.00 bits per heavy atom. The van der Waals surface area contributed by atoms with Crippen LogP contribution in [-0.2, 0) is 19.6 Å². The molecule has 2 heterocycles. The summed E-state index contributed by atoms with van der Waals surface area (Å²) < 4.78 is 43.8. The van der Waals surface area contributed by atoms with Gasteiger partial charge in [-0.15, -0.1) is 0 Å². The summed E-state index contributed by atoms with van der Waals surface area (Å²) in [6, 6.07) is 18.9. The standard InChI is InChI=1S/C30H33N3O7S/c1-22-5-4-6-25(19-22)39-16-3-2-13-33-27-20-24(9-12-28(27)40-21-29(33)34)31-30(35)23-7-10-26(11-8-23)41(36,37)32-14-17-38-18-15-32/h4-12,19-20H,2-3,13-18,21H2,1H3,(H,31,35). The molecule has 1 saturated heterocycles. The third kappa shape index (κ3) is 6.87. The SMILES string of the molecule is Cc1cccc(OCCCCN2C(=O)COc3ccc(NC(=O)c4ccc(S(=O)(=O)N5CCOCC5)cc4)cc32)c1. The van der Waals surface area contributed by atoms with Gasteiger partial charge in [0.1, 0.15) is 11.5 Å². The lowest BCUT2D eigenvalue weighted by atomic mass is 10.1. The number of morpholine rings is 1. The van der Waals surface area contributed by atoms with Gasteiger partial charge in [-0.25, -0.2) is 8.42 Å². The van der Waals surface area contributed by atoms with Gasteiger partial charge in [0.25, 0.3) is 11.8 Å². The molecule has 1 fully saturated rings. The molecule has 0 saturated carbocycles. The van der Waals surface area contributed by atoms with Crippen molar-refractivity contribution in [2.75, 3.05) is 56.3 Å². The Morgan fingerprint density at radius 3 is 2.54 bits per heavy atom. The number of nitrogens with one attached hydrogen (secondary N) is 1. The minimum absolute atomic E-state index is 0.0434. The lowest BCUT2D eigenvalue weighted by Crippen LogP contribution is -2.40. The number of sulfonamides is 1. The maximum absolute atomic E-state index is 13.0. The van der Waals surface area contributed by atoms with E-state index in [1.807, 2.05) is 31.2 Å². The minimum Gasteiger partial charge on any atom is -0.494 e. The van der Waals surface area contributed by atoms with E-state index < -0.39 is 15.9 Å². The van der Waals surface area contributed by atoms with Crippen LogP contribution in [-0.4, -0.2) is 70.6 Å². The van der Waals surface area contributed by atoms with Crippen LogP contribution in [0.15, 0.2) is 71.6 Å². The molecule has 2 aliphatic heterocycles. The van der Waals surface area contributed by atoms with Crippen LogP contribution < -0.4 is 19.7 Å². The average Bonchev–Trinajstić information content (AvgIpc) is 2.98. The monoisotopic (exact) mass is 579 g/mol. The molecule has 0 aromatic heterocycles. The summed E-state index contributed by atoms with van der Waals surface area (Å²) in [5, 5.41) is 2.84. The zero-order valence-electron chi connectivity index (χ0n) is 22.9. The van der Waals surface area contributed by atoms with Gasteiger partial charge in [0.2, 0.25) is 10.0 Å². The molecule has 3 aromatic carbocycles. The molecule has 2 amide bonds. The highest BCUT2D eigenvalue weighted by atomic mass is 32.2. The van der Waals surface area contributed by atoms with Crippen molar-refractivity contribution in [2.45, 2.75) is 24.7 Å². The Kier molecular flexibility index (Phi) is 8.87. The number of carbonyl (C=O) groups is 2. The summed E-state index contributed by atoms with van der Waals surface area (Å²) in [6.07, 6.45) is 1.49. The molecular formula is C30H33N3O7S. The van der Waals surface area contributed by atoms with Crippen molar-refractivity contribution < 1.29 is 32.2 Å². The minimum atomic E-state index is -3.65. The maximum atomic E-state index is 13.0. The molecule has 2 aliphatic rings. The number of ether oxygens (including phenoxy) is 3. The van der Waals surface area contributed by atoms with E-state index in [-0.39, 0.29) is 17.4 Å². The van der Waals surface area contributed by atoms with Crippen LogP contribution in [0.5, 0.6) is 11.5 Å². The van der Waals surface area contributed by atoms with Crippen molar-refractivity contribution in [3.05, 3.63) is 77.9 Å². The number of amides is 2. The summed E-state index contributed by atoms with van der Waals surface area (Å²) in [7, 11) is -3.65. The average molecular weight is 580 g/mol. The van der Waals surface area contributed by atoms with Crippen molar-refractivity contribution in [1.82, 2.24) is 4.31 Å². The van der Waals surface area contributed by atoms with Gasteiger partial charge in [0.05, 0.1) is 30.4 Å². The smallest absolute Gasteiger partial charge is 0.265 e. The van der Waals surface area contributed by atoms with Crippen molar-refractivity contribution in [2.24, 2.45) is 0 Å². The van der Waals surface area contributed by atoms with E-state index in [0.717, 1.165) is 24.2 Å². The van der Waals surface area contributed by atoms with E-state index in [2.05, 4.69) is 5.32 Å². The van der Waals surface area contributed by atoms with Crippen molar-refractivity contribution in [3.63, 3.8) is 0 Å². The Hall–Kier alpha value is -3.93. The number of nitrogens with zero attached hydrogens (tertiary/aromatic N) is 2. The summed E-state index contributed by atoms with van der Waals surface area (Å²) >= 11 is 0. The van der Waals surface area contributed by atoms with E-state index in [1.165, 1.54) is 28.6 Å². The fourth-order valence-corrected chi connectivity index (χ4v) is 6.12. The molecule has 11 heteroatoms. The van der Waals surface area contributed by atoms with E-state index in [9.17, 15) is 18.0 Å². The molecule has 10 nitrogen and oxygen atoms in total. The van der Waals surface area contributed by atoms with Gasteiger partial charge in [-0.1, -0.05) is 12.1 Å². The summed E-state index contributed by atoms with van der Waals surface area (Å²) in [6.45, 7) is 4.31. The number of unbranched alkanes of at least 4 members (excludes halogenated alkanes) is 1. The molecule has 0 radical (unpaired) electrons. The van der Waals surface area contributed by atoms with Gasteiger partial charge in [-0.3, -0.25) is 9.59 Å². The fraction of sp³-hybridized carbons (Fsp3) is 0.333. The summed E-state index contributed by atoms with van der Waals surface area (Å²) in [5.41, 5.74) is 2.52. The number of hydrogen-bond donors (Lipinski definition) is 1. The van der Waals surface area contributed by atoms with Gasteiger partial charge in [0.15, 0.2) is 6.61 Å². The molecule has 0 aliphatic carbocycles. The molecule has 5 rings (SSSR count). The molecule has 0 unspecified atom stereocenters. The van der Waals surface area contributed by atoms with Crippen LogP contribution in [0.2, 0.25) is 0 Å². The molecule has 3 aromatic rings. The van der Waals surface area contributed by atoms with Gasteiger partial charge in [0, 0.05) is 30.9 Å². The normalized spacial score (nSPS) is 15.6. The van der Waals surface area contributed by atoms with E-state index in [4.69, 9.17) is 14.2 Å². The highest BCUT2D eigenvalue weighted by Gasteiger charge is 2.27. The second-order valence-electron chi connectivity index (χ2n) is 9.88. The third-order valence-electron chi connectivity index (χ3n) is 6.92. The Labute approximate surface area is 239 Å². The zero-order chi connectivity index (χ0) is 28.8. The van der Waals surface area contributed by atoms with Crippen LogP contribution in [0.4, 0.5) is 11.4 Å². The number of fused-ring (bicyclic) bond motifs is 1. The highest BCUT2D eigenvalue weighted by molar-refractivity contribution is 7.89. The molecule has 0 spiro atoms.